The summed E-state index contributed by atoms with van der Waals surface area (Å²) < 4.78 is 4.93. The molecule has 82 valence electrons. The van der Waals surface area contributed by atoms with E-state index >= 15 is 0 Å². The van der Waals surface area contributed by atoms with E-state index in [1.54, 1.807) is 7.11 Å². The van der Waals surface area contributed by atoms with Gasteiger partial charge >= 0.3 is 0 Å². The summed E-state index contributed by atoms with van der Waals surface area (Å²) >= 11 is 0. The molecule has 0 unspecified atom stereocenters. The number of ether oxygens (including phenoxy) is 1. The molecule has 0 bridgehead atoms. The van der Waals surface area contributed by atoms with Crippen molar-refractivity contribution >= 4 is 11.3 Å². The van der Waals surface area contributed by atoms with Crippen molar-refractivity contribution in [3.05, 3.63) is 35.9 Å². The maximum absolute atomic E-state index is 5.90. The minimum Gasteiger partial charge on any atom is -0.398 e. The maximum Gasteiger partial charge on any atom is 0.0964 e. The number of para-hydroxylation sites is 1. The van der Waals surface area contributed by atoms with Crippen molar-refractivity contribution in [2.75, 3.05) is 26.1 Å². The molecule has 0 atom stereocenters. The van der Waals surface area contributed by atoms with Gasteiger partial charge in [-0.1, -0.05) is 24.3 Å². The van der Waals surface area contributed by atoms with Crippen molar-refractivity contribution in [1.82, 2.24) is 5.32 Å². The van der Waals surface area contributed by atoms with Crippen LogP contribution in [0.4, 0.5) is 5.69 Å². The standard InChI is InChI=1S/C12H18N2O/c1-3-10(8-14-9-15-2)11-6-4-5-7-12(11)13/h3-7,14H,8-9,13H2,1-2H3/b10-3-. The van der Waals surface area contributed by atoms with E-state index in [0.29, 0.717) is 6.73 Å². The van der Waals surface area contributed by atoms with Crippen molar-refractivity contribution < 1.29 is 4.74 Å². The van der Waals surface area contributed by atoms with Gasteiger partial charge in [0.1, 0.15) is 0 Å². The van der Waals surface area contributed by atoms with E-state index < -0.39 is 0 Å². The zero-order chi connectivity index (χ0) is 11.1. The lowest BCUT2D eigenvalue weighted by Gasteiger charge is -2.10. The quantitative estimate of drug-likeness (QED) is 0.439. The summed E-state index contributed by atoms with van der Waals surface area (Å²) in [6, 6.07) is 7.87. The number of nitrogen functional groups attached to an aromatic ring is 1. The second-order valence-corrected chi connectivity index (χ2v) is 3.26. The number of hydrogen-bond acceptors (Lipinski definition) is 3. The van der Waals surface area contributed by atoms with Crippen LogP contribution in [0.25, 0.3) is 5.57 Å². The Morgan fingerprint density at radius 1 is 1.47 bits per heavy atom. The van der Waals surface area contributed by atoms with Gasteiger partial charge in [-0.15, -0.1) is 0 Å². The molecule has 0 amide bonds. The molecule has 0 saturated carbocycles. The molecule has 15 heavy (non-hydrogen) atoms. The van der Waals surface area contributed by atoms with Gasteiger partial charge in [-0.25, -0.2) is 0 Å². The summed E-state index contributed by atoms with van der Waals surface area (Å²) in [6.07, 6.45) is 2.06. The Morgan fingerprint density at radius 2 is 2.20 bits per heavy atom. The largest absolute Gasteiger partial charge is 0.398 e. The highest BCUT2D eigenvalue weighted by atomic mass is 16.5. The first kappa shape index (κ1) is 11.8. The smallest absolute Gasteiger partial charge is 0.0964 e. The number of allylic oxidation sites excluding steroid dienone is 1. The van der Waals surface area contributed by atoms with Crippen molar-refractivity contribution in [3.63, 3.8) is 0 Å². The molecule has 1 rings (SSSR count). The summed E-state index contributed by atoms with van der Waals surface area (Å²) in [5, 5.41) is 3.17. The van der Waals surface area contributed by atoms with Crippen LogP contribution < -0.4 is 11.1 Å². The van der Waals surface area contributed by atoms with Crippen molar-refractivity contribution in [2.45, 2.75) is 6.92 Å². The number of hydrogen-bond donors (Lipinski definition) is 2. The second kappa shape index (κ2) is 6.22. The van der Waals surface area contributed by atoms with Gasteiger partial charge in [0.25, 0.3) is 0 Å². The molecule has 0 fully saturated rings. The fourth-order valence-electron chi connectivity index (χ4n) is 1.43. The Bertz CT molecular complexity index is 334. The third-order valence-electron chi connectivity index (χ3n) is 2.22. The van der Waals surface area contributed by atoms with E-state index in [1.807, 2.05) is 31.2 Å². The zero-order valence-electron chi connectivity index (χ0n) is 9.29. The minimum atomic E-state index is 0.546. The molecule has 1 aromatic carbocycles. The Balaban J connectivity index is 2.71. The minimum absolute atomic E-state index is 0.546. The van der Waals surface area contributed by atoms with Crippen molar-refractivity contribution in [3.8, 4) is 0 Å². The van der Waals surface area contributed by atoms with Gasteiger partial charge < -0.3 is 10.5 Å². The van der Waals surface area contributed by atoms with Gasteiger partial charge in [0.2, 0.25) is 0 Å². The Labute approximate surface area is 90.9 Å². The summed E-state index contributed by atoms with van der Waals surface area (Å²) in [5.74, 6) is 0. The van der Waals surface area contributed by atoms with Gasteiger partial charge in [-0.05, 0) is 18.6 Å². The monoisotopic (exact) mass is 206 g/mol. The Hall–Kier alpha value is -1.32. The van der Waals surface area contributed by atoms with Crippen LogP contribution in [0.2, 0.25) is 0 Å². The average molecular weight is 206 g/mol. The van der Waals surface area contributed by atoms with Crippen molar-refractivity contribution in [2.24, 2.45) is 0 Å². The lowest BCUT2D eigenvalue weighted by Crippen LogP contribution is -2.19. The highest BCUT2D eigenvalue weighted by Crippen LogP contribution is 2.20. The van der Waals surface area contributed by atoms with E-state index in [9.17, 15) is 0 Å². The Morgan fingerprint density at radius 3 is 2.80 bits per heavy atom. The fourth-order valence-corrected chi connectivity index (χ4v) is 1.43. The molecule has 0 aromatic heterocycles. The molecule has 3 heteroatoms. The van der Waals surface area contributed by atoms with Crippen LogP contribution in [0.5, 0.6) is 0 Å². The van der Waals surface area contributed by atoms with E-state index in [1.165, 1.54) is 5.57 Å². The molecule has 0 aliphatic heterocycles. The number of anilines is 1. The van der Waals surface area contributed by atoms with Crippen LogP contribution in [0.3, 0.4) is 0 Å². The molecular formula is C12H18N2O. The van der Waals surface area contributed by atoms with Crippen LogP contribution in [0.15, 0.2) is 30.3 Å². The molecule has 0 aliphatic rings. The number of nitrogens with one attached hydrogen (secondary N) is 1. The van der Waals surface area contributed by atoms with Gasteiger partial charge in [0.05, 0.1) is 6.73 Å². The van der Waals surface area contributed by atoms with Gasteiger partial charge in [0, 0.05) is 24.9 Å². The molecular weight excluding hydrogens is 188 g/mol. The van der Waals surface area contributed by atoms with Crippen molar-refractivity contribution in [1.29, 1.82) is 0 Å². The van der Waals surface area contributed by atoms with Gasteiger partial charge in [-0.2, -0.15) is 0 Å². The first-order chi connectivity index (χ1) is 7.29. The molecule has 3 nitrogen and oxygen atoms in total. The molecule has 1 aromatic rings. The van der Waals surface area contributed by atoms with E-state index in [0.717, 1.165) is 17.8 Å². The SMILES string of the molecule is C/C=C(/CNCOC)c1ccccc1N. The van der Waals surface area contributed by atoms with Crippen LogP contribution in [0.1, 0.15) is 12.5 Å². The lowest BCUT2D eigenvalue weighted by atomic mass is 10.0. The number of nitrogens with two attached hydrogens (primary N) is 1. The predicted molar refractivity (Wildman–Crippen MR) is 64.4 cm³/mol. The third-order valence-corrected chi connectivity index (χ3v) is 2.22. The highest BCUT2D eigenvalue weighted by Gasteiger charge is 2.03. The molecule has 0 aliphatic carbocycles. The lowest BCUT2D eigenvalue weighted by molar-refractivity contribution is 0.180. The normalized spacial score (nSPS) is 11.7. The topological polar surface area (TPSA) is 47.3 Å². The number of rotatable bonds is 5. The third kappa shape index (κ3) is 3.38. The van der Waals surface area contributed by atoms with Crippen LogP contribution in [0, 0.1) is 0 Å². The molecule has 3 N–H and O–H groups in total. The fraction of sp³-hybridized carbons (Fsp3) is 0.333. The summed E-state index contributed by atoms with van der Waals surface area (Å²) in [6.45, 7) is 3.32. The average Bonchev–Trinajstić information content (AvgIpc) is 2.26. The number of benzene rings is 1. The van der Waals surface area contributed by atoms with E-state index in [4.69, 9.17) is 10.5 Å². The Kier molecular flexibility index (Phi) is 4.87. The van der Waals surface area contributed by atoms with Crippen LogP contribution in [-0.2, 0) is 4.74 Å². The molecule has 0 heterocycles. The number of methoxy groups -OCH3 is 1. The van der Waals surface area contributed by atoms with Crippen LogP contribution >= 0.6 is 0 Å². The van der Waals surface area contributed by atoms with Crippen LogP contribution in [-0.4, -0.2) is 20.4 Å². The first-order valence-electron chi connectivity index (χ1n) is 4.99. The molecule has 0 radical (unpaired) electrons. The van der Waals surface area contributed by atoms with Gasteiger partial charge in [-0.3, -0.25) is 5.32 Å². The maximum atomic E-state index is 5.90. The molecule has 0 saturated heterocycles. The first-order valence-corrected chi connectivity index (χ1v) is 4.99. The predicted octanol–water partition coefficient (Wildman–Crippen LogP) is 1.87. The molecule has 0 spiro atoms. The second-order valence-electron chi connectivity index (χ2n) is 3.26. The summed E-state index contributed by atoms with van der Waals surface area (Å²) in [7, 11) is 1.67. The summed E-state index contributed by atoms with van der Waals surface area (Å²) in [4.78, 5) is 0. The zero-order valence-corrected chi connectivity index (χ0v) is 9.29. The van der Waals surface area contributed by atoms with Gasteiger partial charge in [0.15, 0.2) is 0 Å². The highest BCUT2D eigenvalue weighted by molar-refractivity contribution is 5.75. The van der Waals surface area contributed by atoms with E-state index in [-0.39, 0.29) is 0 Å². The summed E-state index contributed by atoms with van der Waals surface area (Å²) in [5.41, 5.74) is 8.98. The van der Waals surface area contributed by atoms with E-state index in [2.05, 4.69) is 11.4 Å².